The number of halogens is 1. The fourth-order valence-electron chi connectivity index (χ4n) is 2.08. The zero-order valence-corrected chi connectivity index (χ0v) is 11.3. The molecule has 0 unspecified atom stereocenters. The molecule has 0 aliphatic heterocycles. The monoisotopic (exact) mass is 258 g/mol. The van der Waals surface area contributed by atoms with Crippen molar-refractivity contribution in [2.24, 2.45) is 0 Å². The van der Waals surface area contributed by atoms with E-state index in [0.717, 1.165) is 24.2 Å². The van der Waals surface area contributed by atoms with E-state index >= 15 is 0 Å². The van der Waals surface area contributed by atoms with Crippen LogP contribution in [0.4, 0.5) is 21.5 Å². The number of benzene rings is 2. The standard InChI is InChI=1S/C16H19FN2/c1-3-6-12-7-4-5-8-15(12)19-16-9-11(2)13(17)10-14(16)18/h4-5,7-10,19H,3,6,18H2,1-2H3. The first-order valence-corrected chi connectivity index (χ1v) is 6.52. The van der Waals surface area contributed by atoms with Gasteiger partial charge >= 0.3 is 0 Å². The molecule has 0 atom stereocenters. The molecular formula is C16H19FN2. The van der Waals surface area contributed by atoms with Gasteiger partial charge in [-0.3, -0.25) is 0 Å². The van der Waals surface area contributed by atoms with Crippen molar-refractivity contribution in [1.82, 2.24) is 0 Å². The van der Waals surface area contributed by atoms with E-state index in [0.29, 0.717) is 11.3 Å². The Labute approximate surface area is 113 Å². The second-order valence-electron chi connectivity index (χ2n) is 4.72. The van der Waals surface area contributed by atoms with Crippen LogP contribution in [0.2, 0.25) is 0 Å². The lowest BCUT2D eigenvalue weighted by Gasteiger charge is -2.14. The molecule has 0 saturated heterocycles. The fourth-order valence-corrected chi connectivity index (χ4v) is 2.08. The Morgan fingerprint density at radius 1 is 1.16 bits per heavy atom. The number of nitrogens with one attached hydrogen (secondary N) is 1. The summed E-state index contributed by atoms with van der Waals surface area (Å²) in [5.74, 6) is -0.273. The van der Waals surface area contributed by atoms with Gasteiger partial charge in [0.25, 0.3) is 0 Å². The first-order valence-electron chi connectivity index (χ1n) is 6.52. The molecular weight excluding hydrogens is 239 g/mol. The summed E-state index contributed by atoms with van der Waals surface area (Å²) < 4.78 is 13.4. The predicted molar refractivity (Wildman–Crippen MR) is 79.3 cm³/mol. The van der Waals surface area contributed by atoms with Crippen LogP contribution in [0, 0.1) is 12.7 Å². The van der Waals surface area contributed by atoms with Gasteiger partial charge in [-0.2, -0.15) is 0 Å². The summed E-state index contributed by atoms with van der Waals surface area (Å²) in [4.78, 5) is 0. The molecule has 0 aliphatic carbocycles. The summed E-state index contributed by atoms with van der Waals surface area (Å²) in [6, 6.07) is 11.2. The lowest BCUT2D eigenvalue weighted by atomic mass is 10.1. The van der Waals surface area contributed by atoms with Gasteiger partial charge < -0.3 is 11.1 Å². The van der Waals surface area contributed by atoms with Crippen molar-refractivity contribution in [3.63, 3.8) is 0 Å². The van der Waals surface area contributed by atoms with Crippen LogP contribution < -0.4 is 11.1 Å². The largest absolute Gasteiger partial charge is 0.397 e. The Morgan fingerprint density at radius 2 is 1.89 bits per heavy atom. The van der Waals surface area contributed by atoms with Gasteiger partial charge in [0.05, 0.1) is 11.4 Å². The number of rotatable bonds is 4. The van der Waals surface area contributed by atoms with Crippen molar-refractivity contribution < 1.29 is 4.39 Å². The van der Waals surface area contributed by atoms with Crippen LogP contribution in [-0.4, -0.2) is 0 Å². The highest BCUT2D eigenvalue weighted by Gasteiger charge is 2.07. The van der Waals surface area contributed by atoms with Gasteiger partial charge in [0.2, 0.25) is 0 Å². The Morgan fingerprint density at radius 3 is 2.63 bits per heavy atom. The Hall–Kier alpha value is -2.03. The van der Waals surface area contributed by atoms with Gasteiger partial charge in [-0.05, 0) is 42.7 Å². The minimum absolute atomic E-state index is 0.273. The summed E-state index contributed by atoms with van der Waals surface area (Å²) >= 11 is 0. The SMILES string of the molecule is CCCc1ccccc1Nc1cc(C)c(F)cc1N. The Kier molecular flexibility index (Phi) is 4.05. The average molecular weight is 258 g/mol. The number of hydrogen-bond acceptors (Lipinski definition) is 2. The summed E-state index contributed by atoms with van der Waals surface area (Å²) in [5.41, 5.74) is 9.90. The van der Waals surface area contributed by atoms with Gasteiger partial charge in [0.1, 0.15) is 5.82 Å². The van der Waals surface area contributed by atoms with Gasteiger partial charge in [-0.15, -0.1) is 0 Å². The van der Waals surface area contributed by atoms with E-state index in [1.807, 2.05) is 18.2 Å². The van der Waals surface area contributed by atoms with E-state index in [4.69, 9.17) is 5.73 Å². The highest BCUT2D eigenvalue weighted by atomic mass is 19.1. The second-order valence-corrected chi connectivity index (χ2v) is 4.72. The van der Waals surface area contributed by atoms with Crippen LogP contribution >= 0.6 is 0 Å². The maximum absolute atomic E-state index is 13.4. The molecule has 100 valence electrons. The molecule has 3 N–H and O–H groups in total. The normalized spacial score (nSPS) is 10.5. The lowest BCUT2D eigenvalue weighted by molar-refractivity contribution is 0.619. The van der Waals surface area contributed by atoms with Gasteiger partial charge in [0, 0.05) is 5.69 Å². The van der Waals surface area contributed by atoms with Crippen LogP contribution in [0.5, 0.6) is 0 Å². The predicted octanol–water partition coefficient (Wildman–Crippen LogP) is 4.41. The van der Waals surface area contributed by atoms with Gasteiger partial charge in [-0.1, -0.05) is 31.5 Å². The van der Waals surface area contributed by atoms with Gasteiger partial charge in [-0.25, -0.2) is 4.39 Å². The summed E-state index contributed by atoms with van der Waals surface area (Å²) in [5, 5.41) is 3.30. The number of anilines is 3. The first-order chi connectivity index (χ1) is 9.11. The van der Waals surface area contributed by atoms with Crippen molar-refractivity contribution in [3.8, 4) is 0 Å². The molecule has 0 spiro atoms. The van der Waals surface area contributed by atoms with Crippen LogP contribution in [0.1, 0.15) is 24.5 Å². The van der Waals surface area contributed by atoms with E-state index in [-0.39, 0.29) is 5.82 Å². The third kappa shape index (κ3) is 3.05. The summed E-state index contributed by atoms with van der Waals surface area (Å²) in [7, 11) is 0. The number of para-hydroxylation sites is 1. The highest BCUT2D eigenvalue weighted by molar-refractivity contribution is 5.74. The number of nitrogen functional groups attached to an aromatic ring is 1. The number of hydrogen-bond donors (Lipinski definition) is 2. The van der Waals surface area contributed by atoms with E-state index in [2.05, 4.69) is 18.3 Å². The minimum Gasteiger partial charge on any atom is -0.397 e. The van der Waals surface area contributed by atoms with Crippen molar-refractivity contribution in [3.05, 3.63) is 53.3 Å². The Bertz CT molecular complexity index is 579. The third-order valence-electron chi connectivity index (χ3n) is 3.14. The van der Waals surface area contributed by atoms with Crippen molar-refractivity contribution in [2.75, 3.05) is 11.1 Å². The lowest BCUT2D eigenvalue weighted by Crippen LogP contribution is -2.01. The molecule has 0 aliphatic rings. The summed E-state index contributed by atoms with van der Waals surface area (Å²) in [6.45, 7) is 3.88. The molecule has 2 rings (SSSR count). The van der Waals surface area contributed by atoms with E-state index in [1.54, 1.807) is 13.0 Å². The number of aryl methyl sites for hydroxylation is 2. The zero-order chi connectivity index (χ0) is 13.8. The van der Waals surface area contributed by atoms with Crippen LogP contribution in [0.3, 0.4) is 0 Å². The molecule has 0 bridgehead atoms. The van der Waals surface area contributed by atoms with Crippen LogP contribution in [0.25, 0.3) is 0 Å². The fraction of sp³-hybridized carbons (Fsp3) is 0.250. The summed E-state index contributed by atoms with van der Waals surface area (Å²) in [6.07, 6.45) is 2.08. The van der Waals surface area contributed by atoms with Crippen molar-refractivity contribution in [1.29, 1.82) is 0 Å². The minimum atomic E-state index is -0.273. The Balaban J connectivity index is 2.33. The smallest absolute Gasteiger partial charge is 0.128 e. The molecule has 3 heteroatoms. The van der Waals surface area contributed by atoms with E-state index in [9.17, 15) is 4.39 Å². The van der Waals surface area contributed by atoms with Crippen LogP contribution in [-0.2, 0) is 6.42 Å². The number of nitrogens with two attached hydrogens (primary N) is 1. The molecule has 0 aromatic heterocycles. The molecule has 2 aromatic rings. The molecule has 0 amide bonds. The maximum atomic E-state index is 13.4. The molecule has 19 heavy (non-hydrogen) atoms. The van der Waals surface area contributed by atoms with Crippen molar-refractivity contribution in [2.45, 2.75) is 26.7 Å². The average Bonchev–Trinajstić information content (AvgIpc) is 2.38. The zero-order valence-electron chi connectivity index (χ0n) is 11.3. The van der Waals surface area contributed by atoms with Crippen molar-refractivity contribution >= 4 is 17.1 Å². The second kappa shape index (κ2) is 5.74. The molecule has 0 fully saturated rings. The van der Waals surface area contributed by atoms with Gasteiger partial charge in [0.15, 0.2) is 0 Å². The van der Waals surface area contributed by atoms with Crippen LogP contribution in [0.15, 0.2) is 36.4 Å². The quantitative estimate of drug-likeness (QED) is 0.797. The maximum Gasteiger partial charge on any atom is 0.128 e. The molecule has 2 aromatic carbocycles. The first kappa shape index (κ1) is 13.4. The topological polar surface area (TPSA) is 38.0 Å². The molecule has 0 heterocycles. The van der Waals surface area contributed by atoms with E-state index in [1.165, 1.54) is 11.6 Å². The van der Waals surface area contributed by atoms with E-state index < -0.39 is 0 Å². The third-order valence-corrected chi connectivity index (χ3v) is 3.14. The highest BCUT2D eigenvalue weighted by Crippen LogP contribution is 2.28. The molecule has 0 saturated carbocycles. The molecule has 2 nitrogen and oxygen atoms in total. The molecule has 0 radical (unpaired) electrons.